The summed E-state index contributed by atoms with van der Waals surface area (Å²) in [6, 6.07) is 8.23. The smallest absolute Gasteiger partial charge is 0.128 e. The lowest BCUT2D eigenvalue weighted by Gasteiger charge is -2.13. The van der Waals surface area contributed by atoms with Crippen molar-refractivity contribution in [2.24, 2.45) is 5.73 Å². The van der Waals surface area contributed by atoms with E-state index in [9.17, 15) is 4.39 Å². The Morgan fingerprint density at radius 1 is 1.24 bits per heavy atom. The lowest BCUT2D eigenvalue weighted by Crippen LogP contribution is -2.15. The maximum absolute atomic E-state index is 13.6. The summed E-state index contributed by atoms with van der Waals surface area (Å²) in [5.74, 6) is -0.269. The lowest BCUT2D eigenvalue weighted by molar-refractivity contribution is 0.580. The third kappa shape index (κ3) is 3.11. The van der Waals surface area contributed by atoms with Gasteiger partial charge in [-0.15, -0.1) is 0 Å². The number of halogens is 2. The topological polar surface area (TPSA) is 38.9 Å². The van der Waals surface area contributed by atoms with Crippen LogP contribution in [0.3, 0.4) is 0 Å². The predicted molar refractivity (Wildman–Crippen MR) is 69.0 cm³/mol. The molecule has 0 aliphatic rings. The van der Waals surface area contributed by atoms with Crippen LogP contribution in [0.25, 0.3) is 0 Å². The minimum Gasteiger partial charge on any atom is -0.324 e. The Bertz CT molecular complexity index is 502. The number of benzene rings is 1. The summed E-state index contributed by atoms with van der Waals surface area (Å²) in [7, 11) is 0. The molecule has 2 N–H and O–H groups in total. The SMILES string of the molecule is NC(Cc1ccncc1)c1cc(Br)ccc1F. The Morgan fingerprint density at radius 3 is 2.65 bits per heavy atom. The highest BCUT2D eigenvalue weighted by Gasteiger charge is 2.12. The van der Waals surface area contributed by atoms with Gasteiger partial charge in [0.25, 0.3) is 0 Å². The number of rotatable bonds is 3. The second-order valence-corrected chi connectivity index (χ2v) is 4.75. The first-order valence-electron chi connectivity index (χ1n) is 5.26. The molecular weight excluding hydrogens is 283 g/mol. The molecule has 1 heterocycles. The van der Waals surface area contributed by atoms with Crippen molar-refractivity contribution in [3.63, 3.8) is 0 Å². The van der Waals surface area contributed by atoms with Crippen molar-refractivity contribution in [1.29, 1.82) is 0 Å². The number of nitrogens with two attached hydrogens (primary N) is 1. The summed E-state index contributed by atoms with van der Waals surface area (Å²) < 4.78 is 14.4. The summed E-state index contributed by atoms with van der Waals surface area (Å²) in [6.45, 7) is 0. The van der Waals surface area contributed by atoms with Gasteiger partial charge >= 0.3 is 0 Å². The minimum absolute atomic E-state index is 0.269. The third-order valence-corrected chi connectivity index (χ3v) is 3.06. The average Bonchev–Trinajstić information content (AvgIpc) is 2.33. The number of nitrogens with zero attached hydrogens (tertiary/aromatic N) is 1. The lowest BCUT2D eigenvalue weighted by atomic mass is 10.00. The highest BCUT2D eigenvalue weighted by Crippen LogP contribution is 2.22. The quantitative estimate of drug-likeness (QED) is 0.944. The van der Waals surface area contributed by atoms with Crippen molar-refractivity contribution in [2.45, 2.75) is 12.5 Å². The van der Waals surface area contributed by atoms with Crippen molar-refractivity contribution < 1.29 is 4.39 Å². The Hall–Kier alpha value is -1.26. The third-order valence-electron chi connectivity index (χ3n) is 2.56. The molecule has 1 aromatic carbocycles. The van der Waals surface area contributed by atoms with Crippen LogP contribution in [-0.4, -0.2) is 4.98 Å². The zero-order valence-corrected chi connectivity index (χ0v) is 10.7. The van der Waals surface area contributed by atoms with Crippen LogP contribution >= 0.6 is 15.9 Å². The molecule has 2 rings (SSSR count). The second kappa shape index (κ2) is 5.38. The van der Waals surface area contributed by atoms with E-state index in [1.807, 2.05) is 12.1 Å². The summed E-state index contributed by atoms with van der Waals surface area (Å²) in [6.07, 6.45) is 4.01. The van der Waals surface area contributed by atoms with Crippen LogP contribution in [0.15, 0.2) is 47.2 Å². The second-order valence-electron chi connectivity index (χ2n) is 3.83. The maximum Gasteiger partial charge on any atom is 0.128 e. The highest BCUT2D eigenvalue weighted by atomic mass is 79.9. The Balaban J connectivity index is 2.20. The molecule has 0 spiro atoms. The molecular formula is C13H12BrFN2. The summed E-state index contributed by atoms with van der Waals surface area (Å²) in [5, 5.41) is 0. The van der Waals surface area contributed by atoms with Gasteiger partial charge < -0.3 is 5.73 Å². The van der Waals surface area contributed by atoms with E-state index in [4.69, 9.17) is 5.73 Å². The highest BCUT2D eigenvalue weighted by molar-refractivity contribution is 9.10. The Morgan fingerprint density at radius 2 is 1.94 bits per heavy atom. The van der Waals surface area contributed by atoms with E-state index in [0.717, 1.165) is 10.0 Å². The van der Waals surface area contributed by atoms with Crippen LogP contribution < -0.4 is 5.73 Å². The van der Waals surface area contributed by atoms with E-state index < -0.39 is 0 Å². The minimum atomic E-state index is -0.352. The van der Waals surface area contributed by atoms with Gasteiger partial charge in [-0.3, -0.25) is 4.98 Å². The van der Waals surface area contributed by atoms with E-state index in [0.29, 0.717) is 12.0 Å². The molecule has 4 heteroatoms. The van der Waals surface area contributed by atoms with E-state index in [1.165, 1.54) is 6.07 Å². The molecule has 0 radical (unpaired) electrons. The molecule has 2 nitrogen and oxygen atoms in total. The normalized spacial score (nSPS) is 12.4. The van der Waals surface area contributed by atoms with E-state index in [2.05, 4.69) is 20.9 Å². The van der Waals surface area contributed by atoms with Gasteiger partial charge in [0.2, 0.25) is 0 Å². The molecule has 2 aromatic rings. The summed E-state index contributed by atoms with van der Waals surface area (Å²) >= 11 is 3.32. The molecule has 0 bridgehead atoms. The van der Waals surface area contributed by atoms with Crippen LogP contribution in [0.4, 0.5) is 4.39 Å². The molecule has 0 amide bonds. The molecule has 1 atom stereocenters. The van der Waals surface area contributed by atoms with E-state index in [-0.39, 0.29) is 11.9 Å². The Labute approximate surface area is 108 Å². The van der Waals surface area contributed by atoms with Gasteiger partial charge in [-0.2, -0.15) is 0 Å². The van der Waals surface area contributed by atoms with Crippen molar-refractivity contribution in [1.82, 2.24) is 4.98 Å². The van der Waals surface area contributed by atoms with Gasteiger partial charge in [-0.1, -0.05) is 15.9 Å². The molecule has 0 aliphatic carbocycles. The van der Waals surface area contributed by atoms with Crippen LogP contribution in [0, 0.1) is 5.82 Å². The zero-order valence-electron chi connectivity index (χ0n) is 9.11. The average molecular weight is 295 g/mol. The molecule has 0 fully saturated rings. The fourth-order valence-electron chi connectivity index (χ4n) is 1.68. The van der Waals surface area contributed by atoms with Gasteiger partial charge in [-0.05, 0) is 42.3 Å². The number of aromatic nitrogens is 1. The van der Waals surface area contributed by atoms with Crippen molar-refractivity contribution in [3.05, 3.63) is 64.1 Å². The zero-order chi connectivity index (χ0) is 12.3. The van der Waals surface area contributed by atoms with E-state index in [1.54, 1.807) is 24.5 Å². The van der Waals surface area contributed by atoms with Gasteiger partial charge in [0.1, 0.15) is 5.82 Å². The van der Waals surface area contributed by atoms with Gasteiger partial charge in [-0.25, -0.2) is 4.39 Å². The molecule has 88 valence electrons. The first kappa shape index (κ1) is 12.2. The Kier molecular flexibility index (Phi) is 3.86. The molecule has 17 heavy (non-hydrogen) atoms. The number of hydrogen-bond donors (Lipinski definition) is 1. The van der Waals surface area contributed by atoms with Crippen LogP contribution in [-0.2, 0) is 6.42 Å². The standard InChI is InChI=1S/C13H12BrFN2/c14-10-1-2-12(15)11(8-10)13(16)7-9-3-5-17-6-4-9/h1-6,8,13H,7,16H2. The van der Waals surface area contributed by atoms with Gasteiger partial charge in [0.05, 0.1) is 0 Å². The van der Waals surface area contributed by atoms with Crippen molar-refractivity contribution >= 4 is 15.9 Å². The fourth-order valence-corrected chi connectivity index (χ4v) is 2.06. The van der Waals surface area contributed by atoms with Crippen molar-refractivity contribution in [3.8, 4) is 0 Å². The first-order valence-corrected chi connectivity index (χ1v) is 6.05. The first-order chi connectivity index (χ1) is 8.16. The monoisotopic (exact) mass is 294 g/mol. The fraction of sp³-hybridized carbons (Fsp3) is 0.154. The molecule has 1 aromatic heterocycles. The van der Waals surface area contributed by atoms with Crippen LogP contribution in [0.1, 0.15) is 17.2 Å². The number of hydrogen-bond acceptors (Lipinski definition) is 2. The summed E-state index contributed by atoms with van der Waals surface area (Å²) in [4.78, 5) is 3.93. The predicted octanol–water partition coefficient (Wildman–Crippen LogP) is 3.23. The number of pyridine rings is 1. The van der Waals surface area contributed by atoms with E-state index >= 15 is 0 Å². The maximum atomic E-state index is 13.6. The van der Waals surface area contributed by atoms with Crippen LogP contribution in [0.2, 0.25) is 0 Å². The molecule has 0 saturated heterocycles. The van der Waals surface area contributed by atoms with Crippen LogP contribution in [0.5, 0.6) is 0 Å². The molecule has 0 aliphatic heterocycles. The van der Waals surface area contributed by atoms with Gasteiger partial charge in [0, 0.05) is 28.5 Å². The molecule has 1 unspecified atom stereocenters. The molecule has 0 saturated carbocycles. The summed E-state index contributed by atoms with van der Waals surface area (Å²) in [5.41, 5.74) is 7.59. The van der Waals surface area contributed by atoms with Gasteiger partial charge in [0.15, 0.2) is 0 Å². The van der Waals surface area contributed by atoms with Crippen molar-refractivity contribution in [2.75, 3.05) is 0 Å². The largest absolute Gasteiger partial charge is 0.324 e.